The van der Waals surface area contributed by atoms with Crippen molar-refractivity contribution in [3.63, 3.8) is 0 Å². The molecule has 9 heteroatoms. The molecule has 0 aliphatic heterocycles. The number of nitrogens with one attached hydrogen (secondary N) is 1. The number of Topliss-reactive ketones (excluding diaryl/α,β-unsaturated/α-hetero) is 1. The first-order chi connectivity index (χ1) is 13.7. The summed E-state index contributed by atoms with van der Waals surface area (Å²) in [7, 11) is 1.25. The maximum Gasteiger partial charge on any atom is 0.420 e. The number of nitrogens with zero attached hydrogens (tertiary/aromatic N) is 1. The maximum atomic E-state index is 12.7. The Kier molecular flexibility index (Phi) is 5.40. The number of aryl methyl sites for hydroxylation is 1. The summed E-state index contributed by atoms with van der Waals surface area (Å²) in [6.45, 7) is 4.27. The number of H-pyrrole nitrogens is 1. The van der Waals surface area contributed by atoms with Crippen molar-refractivity contribution in [2.75, 3.05) is 7.11 Å². The number of esters is 2. The van der Waals surface area contributed by atoms with Gasteiger partial charge in [0.2, 0.25) is 5.78 Å². The Balaban J connectivity index is 1.76. The largest absolute Gasteiger partial charge is 0.465 e. The van der Waals surface area contributed by atoms with Gasteiger partial charge in [0, 0.05) is 5.69 Å². The van der Waals surface area contributed by atoms with E-state index in [2.05, 4.69) is 4.98 Å². The number of hydrogen-bond donors (Lipinski definition) is 1. The van der Waals surface area contributed by atoms with E-state index >= 15 is 0 Å². The number of para-hydroxylation sites is 2. The van der Waals surface area contributed by atoms with Crippen molar-refractivity contribution in [2.45, 2.75) is 33.4 Å². The molecule has 0 bridgehead atoms. The highest BCUT2D eigenvalue weighted by molar-refractivity contribution is 6.03. The van der Waals surface area contributed by atoms with Gasteiger partial charge in [0.1, 0.15) is 6.54 Å². The van der Waals surface area contributed by atoms with Gasteiger partial charge in [-0.05, 0) is 38.5 Å². The first-order valence-electron chi connectivity index (χ1n) is 8.84. The molecule has 3 aromatic rings. The Hall–Kier alpha value is -3.62. The van der Waals surface area contributed by atoms with Gasteiger partial charge in [-0.25, -0.2) is 9.59 Å². The summed E-state index contributed by atoms with van der Waals surface area (Å²) in [6, 6.07) is 6.67. The number of rotatable bonds is 6. The molecule has 0 fully saturated rings. The summed E-state index contributed by atoms with van der Waals surface area (Å²) in [6.07, 6.45) is -1.13. The SMILES string of the molecule is COC(=O)c1c(C)[nH]c(C(=O)[C@@H](C)OC(=O)Cn2c(=O)oc3ccccc32)c1C. The van der Waals surface area contributed by atoms with Crippen molar-refractivity contribution in [1.82, 2.24) is 9.55 Å². The number of ketones is 1. The highest BCUT2D eigenvalue weighted by Gasteiger charge is 2.27. The zero-order chi connectivity index (χ0) is 21.3. The third-order valence-electron chi connectivity index (χ3n) is 4.61. The monoisotopic (exact) mass is 400 g/mol. The lowest BCUT2D eigenvalue weighted by Crippen LogP contribution is -2.29. The van der Waals surface area contributed by atoms with Crippen LogP contribution in [0.1, 0.15) is 39.0 Å². The normalized spacial score (nSPS) is 12.0. The van der Waals surface area contributed by atoms with Crippen molar-refractivity contribution in [3.8, 4) is 0 Å². The zero-order valence-electron chi connectivity index (χ0n) is 16.4. The van der Waals surface area contributed by atoms with Crippen molar-refractivity contribution in [2.24, 2.45) is 0 Å². The molecule has 29 heavy (non-hydrogen) atoms. The number of oxazole rings is 1. The predicted octanol–water partition coefficient (Wildman–Crippen LogP) is 2.14. The number of methoxy groups -OCH3 is 1. The number of hydrogen-bond acceptors (Lipinski definition) is 7. The van der Waals surface area contributed by atoms with Gasteiger partial charge in [-0.3, -0.25) is 14.2 Å². The second kappa shape index (κ2) is 7.78. The average molecular weight is 400 g/mol. The topological polar surface area (TPSA) is 121 Å². The summed E-state index contributed by atoms with van der Waals surface area (Å²) < 4.78 is 16.1. The summed E-state index contributed by atoms with van der Waals surface area (Å²) in [5, 5.41) is 0. The molecule has 0 amide bonds. The Morgan fingerprint density at radius 2 is 1.90 bits per heavy atom. The van der Waals surface area contributed by atoms with Crippen molar-refractivity contribution >= 4 is 28.8 Å². The van der Waals surface area contributed by atoms with Crippen LogP contribution in [-0.4, -0.2) is 40.5 Å². The van der Waals surface area contributed by atoms with Crippen LogP contribution in [0, 0.1) is 13.8 Å². The summed E-state index contributed by atoms with van der Waals surface area (Å²) >= 11 is 0. The van der Waals surface area contributed by atoms with Gasteiger partial charge >= 0.3 is 17.7 Å². The van der Waals surface area contributed by atoms with E-state index in [1.165, 1.54) is 14.0 Å². The summed E-state index contributed by atoms with van der Waals surface area (Å²) in [4.78, 5) is 51.7. The Labute approximate surface area is 165 Å². The van der Waals surface area contributed by atoms with Gasteiger partial charge in [-0.15, -0.1) is 0 Å². The number of aromatic amines is 1. The van der Waals surface area contributed by atoms with Crippen molar-refractivity contribution in [3.05, 3.63) is 57.3 Å². The molecule has 1 N–H and O–H groups in total. The number of ether oxygens (including phenoxy) is 2. The molecule has 0 saturated carbocycles. The van der Waals surface area contributed by atoms with E-state index in [1.807, 2.05) is 0 Å². The van der Waals surface area contributed by atoms with Crippen LogP contribution >= 0.6 is 0 Å². The summed E-state index contributed by atoms with van der Waals surface area (Å²) in [5.41, 5.74) is 2.13. The molecule has 0 radical (unpaired) electrons. The van der Waals surface area contributed by atoms with Crippen molar-refractivity contribution < 1.29 is 28.3 Å². The maximum absolute atomic E-state index is 12.7. The molecule has 0 spiro atoms. The lowest BCUT2D eigenvalue weighted by Gasteiger charge is -2.12. The quantitative estimate of drug-likeness (QED) is 0.497. The van der Waals surface area contributed by atoms with E-state index in [9.17, 15) is 19.2 Å². The molecule has 2 aromatic heterocycles. The third kappa shape index (κ3) is 3.71. The molecule has 2 heterocycles. The minimum Gasteiger partial charge on any atom is -0.465 e. The minimum atomic E-state index is -1.13. The number of fused-ring (bicyclic) bond motifs is 1. The van der Waals surface area contributed by atoms with Gasteiger partial charge in [0.25, 0.3) is 0 Å². The van der Waals surface area contributed by atoms with Crippen LogP contribution < -0.4 is 5.76 Å². The number of carbonyl (C=O) groups excluding carboxylic acids is 3. The Morgan fingerprint density at radius 1 is 1.21 bits per heavy atom. The fraction of sp³-hybridized carbons (Fsp3) is 0.300. The summed E-state index contributed by atoms with van der Waals surface area (Å²) in [5.74, 6) is -2.53. The Bertz CT molecular complexity index is 1170. The highest BCUT2D eigenvalue weighted by atomic mass is 16.5. The number of benzene rings is 1. The van der Waals surface area contributed by atoms with Crippen LogP contribution in [0.4, 0.5) is 0 Å². The standard InChI is InChI=1S/C20H20N2O7/c1-10-16(19(25)27-4)11(2)21-17(10)18(24)12(3)28-15(23)9-22-13-7-5-6-8-14(13)29-20(22)26/h5-8,12,21H,9H2,1-4H3/t12-/m1/s1. The van der Waals surface area contributed by atoms with Gasteiger partial charge < -0.3 is 18.9 Å². The minimum absolute atomic E-state index is 0.161. The Morgan fingerprint density at radius 3 is 2.59 bits per heavy atom. The molecule has 9 nitrogen and oxygen atoms in total. The first kappa shape index (κ1) is 20.1. The molecule has 0 unspecified atom stereocenters. The smallest absolute Gasteiger partial charge is 0.420 e. The molecule has 1 aromatic carbocycles. The lowest BCUT2D eigenvalue weighted by atomic mass is 10.1. The average Bonchev–Trinajstić information content (AvgIpc) is 3.16. The molecule has 3 rings (SSSR count). The number of carbonyl (C=O) groups is 3. The van der Waals surface area contributed by atoms with Gasteiger partial charge in [-0.2, -0.15) is 0 Å². The van der Waals surface area contributed by atoms with E-state index in [0.717, 1.165) is 4.57 Å². The van der Waals surface area contributed by atoms with Gasteiger partial charge in [0.15, 0.2) is 11.7 Å². The highest BCUT2D eigenvalue weighted by Crippen LogP contribution is 2.21. The van der Waals surface area contributed by atoms with Gasteiger partial charge in [-0.1, -0.05) is 12.1 Å². The van der Waals surface area contributed by atoms with Crippen molar-refractivity contribution in [1.29, 1.82) is 0 Å². The van der Waals surface area contributed by atoms with E-state index in [1.54, 1.807) is 38.1 Å². The van der Waals surface area contributed by atoms with Gasteiger partial charge in [0.05, 0.1) is 23.9 Å². The van der Waals surface area contributed by atoms with Crippen LogP contribution in [-0.2, 0) is 20.8 Å². The van der Waals surface area contributed by atoms with Crippen LogP contribution in [0.2, 0.25) is 0 Å². The van der Waals surface area contributed by atoms with E-state index in [0.29, 0.717) is 22.4 Å². The molecular formula is C20H20N2O7. The van der Waals surface area contributed by atoms with Crippen LogP contribution in [0.3, 0.4) is 0 Å². The third-order valence-corrected chi connectivity index (χ3v) is 4.61. The van der Waals surface area contributed by atoms with Crippen LogP contribution in [0.5, 0.6) is 0 Å². The predicted molar refractivity (Wildman–Crippen MR) is 102 cm³/mol. The lowest BCUT2D eigenvalue weighted by molar-refractivity contribution is -0.147. The molecular weight excluding hydrogens is 380 g/mol. The van der Waals surface area contributed by atoms with E-state index in [4.69, 9.17) is 13.9 Å². The van der Waals surface area contributed by atoms with Crippen LogP contribution in [0.15, 0.2) is 33.5 Å². The fourth-order valence-corrected chi connectivity index (χ4v) is 3.19. The fourth-order valence-electron chi connectivity index (χ4n) is 3.19. The van der Waals surface area contributed by atoms with Crippen LogP contribution in [0.25, 0.3) is 11.1 Å². The molecule has 0 aliphatic carbocycles. The molecule has 1 atom stereocenters. The van der Waals surface area contributed by atoms with E-state index in [-0.39, 0.29) is 11.3 Å². The molecule has 0 saturated heterocycles. The molecule has 0 aliphatic rings. The number of aromatic nitrogens is 2. The second-order valence-corrected chi connectivity index (χ2v) is 6.53. The van der Waals surface area contributed by atoms with E-state index < -0.39 is 36.1 Å². The second-order valence-electron chi connectivity index (χ2n) is 6.53. The first-order valence-corrected chi connectivity index (χ1v) is 8.84. The molecule has 152 valence electrons. The zero-order valence-corrected chi connectivity index (χ0v) is 16.4.